The third kappa shape index (κ3) is 6.65. The zero-order chi connectivity index (χ0) is 28.6. The van der Waals surface area contributed by atoms with Crippen LogP contribution in [0.2, 0.25) is 0 Å². The van der Waals surface area contributed by atoms with Crippen LogP contribution in [0, 0.1) is 0 Å². The SMILES string of the molecule is C=CC(=O)OCCCCOc1ccc2c(c1)C(C)c1cc(OC(=O)c3ccc(OC(=O)C(=C)CO)cc3)ccc1-2. The molecule has 1 aliphatic carbocycles. The lowest BCUT2D eigenvalue weighted by atomic mass is 9.99. The number of esters is 3. The van der Waals surface area contributed by atoms with Crippen LogP contribution in [0.5, 0.6) is 17.2 Å². The van der Waals surface area contributed by atoms with Crippen molar-refractivity contribution in [3.05, 3.63) is 102 Å². The molecule has 206 valence electrons. The van der Waals surface area contributed by atoms with Gasteiger partial charge in [0, 0.05) is 12.0 Å². The average molecular weight is 543 g/mol. The molecule has 0 aromatic heterocycles. The van der Waals surface area contributed by atoms with Gasteiger partial charge in [0.15, 0.2) is 0 Å². The Kier molecular flexibility index (Phi) is 9.14. The van der Waals surface area contributed by atoms with Gasteiger partial charge < -0.3 is 24.1 Å². The van der Waals surface area contributed by atoms with Gasteiger partial charge in [-0.2, -0.15) is 0 Å². The molecule has 0 amide bonds. The monoisotopic (exact) mass is 542 g/mol. The summed E-state index contributed by atoms with van der Waals surface area (Å²) in [5.74, 6) is -0.225. The van der Waals surface area contributed by atoms with Crippen LogP contribution in [0.3, 0.4) is 0 Å². The summed E-state index contributed by atoms with van der Waals surface area (Å²) < 4.78 is 21.6. The molecule has 3 aromatic rings. The van der Waals surface area contributed by atoms with E-state index >= 15 is 0 Å². The van der Waals surface area contributed by atoms with Gasteiger partial charge in [0.25, 0.3) is 0 Å². The maximum atomic E-state index is 12.7. The Hall–Kier alpha value is -4.69. The number of ether oxygens (including phenoxy) is 4. The molecule has 1 aliphatic rings. The minimum Gasteiger partial charge on any atom is -0.494 e. The van der Waals surface area contributed by atoms with Gasteiger partial charge >= 0.3 is 17.9 Å². The van der Waals surface area contributed by atoms with Crippen molar-refractivity contribution in [2.24, 2.45) is 0 Å². The summed E-state index contributed by atoms with van der Waals surface area (Å²) in [5, 5.41) is 8.97. The summed E-state index contributed by atoms with van der Waals surface area (Å²) in [6.45, 7) is 9.22. The quantitative estimate of drug-likeness (QED) is 0.141. The van der Waals surface area contributed by atoms with Crippen LogP contribution in [-0.2, 0) is 14.3 Å². The van der Waals surface area contributed by atoms with E-state index in [1.54, 1.807) is 6.07 Å². The van der Waals surface area contributed by atoms with Crippen LogP contribution in [0.25, 0.3) is 11.1 Å². The molecule has 0 saturated carbocycles. The fraction of sp³-hybridized carbons (Fsp3) is 0.219. The summed E-state index contributed by atoms with van der Waals surface area (Å²) in [7, 11) is 0. The molecule has 0 heterocycles. The van der Waals surface area contributed by atoms with Gasteiger partial charge in [-0.1, -0.05) is 32.2 Å². The molecule has 0 saturated heterocycles. The Bertz CT molecular complexity index is 1440. The molecule has 0 bridgehead atoms. The number of benzene rings is 3. The molecule has 0 aliphatic heterocycles. The first-order valence-electron chi connectivity index (χ1n) is 12.8. The van der Waals surface area contributed by atoms with Crippen molar-refractivity contribution in [3.8, 4) is 28.4 Å². The second-order valence-electron chi connectivity index (χ2n) is 9.21. The fourth-order valence-electron chi connectivity index (χ4n) is 4.30. The molecule has 8 nitrogen and oxygen atoms in total. The number of rotatable bonds is 12. The third-order valence-electron chi connectivity index (χ3n) is 6.48. The molecular formula is C32H30O8. The molecule has 0 radical (unpaired) electrons. The van der Waals surface area contributed by atoms with E-state index in [2.05, 4.69) is 20.1 Å². The molecule has 1 unspecified atom stereocenters. The lowest BCUT2D eigenvalue weighted by molar-refractivity contribution is -0.138. The molecule has 40 heavy (non-hydrogen) atoms. The number of aliphatic hydroxyl groups is 1. The summed E-state index contributed by atoms with van der Waals surface area (Å²) in [4.78, 5) is 35.6. The smallest absolute Gasteiger partial charge is 0.343 e. The largest absolute Gasteiger partial charge is 0.494 e. The van der Waals surface area contributed by atoms with E-state index in [0.717, 1.165) is 40.5 Å². The number of unbranched alkanes of at least 4 members (excludes halogenated alkanes) is 1. The van der Waals surface area contributed by atoms with Gasteiger partial charge in [-0.3, -0.25) is 0 Å². The molecule has 1 atom stereocenters. The van der Waals surface area contributed by atoms with E-state index in [4.69, 9.17) is 24.1 Å². The maximum absolute atomic E-state index is 12.7. The van der Waals surface area contributed by atoms with E-state index in [9.17, 15) is 14.4 Å². The van der Waals surface area contributed by atoms with Gasteiger partial charge in [-0.25, -0.2) is 14.4 Å². The van der Waals surface area contributed by atoms with Gasteiger partial charge in [-0.05, 0) is 83.6 Å². The first-order valence-corrected chi connectivity index (χ1v) is 12.8. The minimum absolute atomic E-state index is 0.0686. The van der Waals surface area contributed by atoms with Crippen molar-refractivity contribution < 1.29 is 38.4 Å². The van der Waals surface area contributed by atoms with Crippen LogP contribution in [0.15, 0.2) is 85.5 Å². The lowest BCUT2D eigenvalue weighted by Gasteiger charge is -2.11. The highest BCUT2D eigenvalue weighted by Crippen LogP contribution is 2.47. The van der Waals surface area contributed by atoms with Crippen molar-refractivity contribution in [1.29, 1.82) is 0 Å². The highest BCUT2D eigenvalue weighted by atomic mass is 16.5. The highest BCUT2D eigenvalue weighted by molar-refractivity contribution is 5.92. The van der Waals surface area contributed by atoms with Crippen LogP contribution < -0.4 is 14.2 Å². The number of aliphatic hydroxyl groups excluding tert-OH is 1. The molecule has 8 heteroatoms. The highest BCUT2D eigenvalue weighted by Gasteiger charge is 2.27. The van der Waals surface area contributed by atoms with Crippen molar-refractivity contribution >= 4 is 17.9 Å². The summed E-state index contributed by atoms with van der Waals surface area (Å²) in [6.07, 6.45) is 2.60. The van der Waals surface area contributed by atoms with Crippen LogP contribution in [0.4, 0.5) is 0 Å². The van der Waals surface area contributed by atoms with Gasteiger partial charge in [0.2, 0.25) is 0 Å². The van der Waals surface area contributed by atoms with Crippen molar-refractivity contribution in [1.82, 2.24) is 0 Å². The topological polar surface area (TPSA) is 108 Å². The first kappa shape index (κ1) is 28.3. The first-order chi connectivity index (χ1) is 19.3. The standard InChI is InChI=1S/C32H30O8/c1-4-30(34)38-16-6-5-15-37-24-11-13-26-27-14-12-25(18-29(27)21(3)28(26)17-24)40-32(36)22-7-9-23(10-8-22)39-31(35)20(2)19-33/h4,7-14,17-18,21,33H,1-2,5-6,15-16,19H2,3H3. The van der Waals surface area contributed by atoms with Crippen LogP contribution in [-0.4, -0.2) is 42.8 Å². The number of fused-ring (bicyclic) bond motifs is 3. The van der Waals surface area contributed by atoms with Crippen LogP contribution in [0.1, 0.15) is 47.2 Å². The average Bonchev–Trinajstić information content (AvgIpc) is 3.24. The normalized spacial score (nSPS) is 13.0. The minimum atomic E-state index is -0.742. The predicted molar refractivity (Wildman–Crippen MR) is 149 cm³/mol. The molecular weight excluding hydrogens is 512 g/mol. The Morgan fingerprint density at radius 3 is 2.10 bits per heavy atom. The zero-order valence-electron chi connectivity index (χ0n) is 22.2. The van der Waals surface area contributed by atoms with Gasteiger partial charge in [0.05, 0.1) is 31.0 Å². The molecule has 4 rings (SSSR count). The number of carbonyl (C=O) groups is 3. The molecule has 0 fully saturated rings. The molecule has 1 N–H and O–H groups in total. The van der Waals surface area contributed by atoms with Crippen LogP contribution >= 0.6 is 0 Å². The van der Waals surface area contributed by atoms with Gasteiger partial charge in [-0.15, -0.1) is 0 Å². The number of hydrogen-bond acceptors (Lipinski definition) is 8. The summed E-state index contributed by atoms with van der Waals surface area (Å²) in [5.41, 5.74) is 4.59. The second kappa shape index (κ2) is 12.9. The van der Waals surface area contributed by atoms with Crippen molar-refractivity contribution in [3.63, 3.8) is 0 Å². The lowest BCUT2D eigenvalue weighted by Crippen LogP contribution is -2.13. The number of hydrogen-bond donors (Lipinski definition) is 1. The Morgan fingerprint density at radius 2 is 1.45 bits per heavy atom. The fourth-order valence-corrected chi connectivity index (χ4v) is 4.30. The molecule has 0 spiro atoms. The van der Waals surface area contributed by atoms with Gasteiger partial charge in [0.1, 0.15) is 17.2 Å². The number of carbonyl (C=O) groups excluding carboxylic acids is 3. The zero-order valence-corrected chi connectivity index (χ0v) is 22.2. The van der Waals surface area contributed by atoms with E-state index in [1.165, 1.54) is 24.3 Å². The Balaban J connectivity index is 1.35. The molecule has 3 aromatic carbocycles. The summed E-state index contributed by atoms with van der Waals surface area (Å²) >= 11 is 0. The Labute approximate surface area is 232 Å². The second-order valence-corrected chi connectivity index (χ2v) is 9.21. The van der Waals surface area contributed by atoms with Crippen molar-refractivity contribution in [2.75, 3.05) is 19.8 Å². The predicted octanol–water partition coefficient (Wildman–Crippen LogP) is 5.38. The van der Waals surface area contributed by atoms with E-state index in [-0.39, 0.29) is 17.2 Å². The third-order valence-corrected chi connectivity index (χ3v) is 6.48. The van der Waals surface area contributed by atoms with E-state index in [0.29, 0.717) is 30.9 Å². The van der Waals surface area contributed by atoms with E-state index < -0.39 is 24.5 Å². The summed E-state index contributed by atoms with van der Waals surface area (Å²) in [6, 6.07) is 17.5. The maximum Gasteiger partial charge on any atom is 0.343 e. The van der Waals surface area contributed by atoms with Crippen molar-refractivity contribution in [2.45, 2.75) is 25.7 Å². The van der Waals surface area contributed by atoms with E-state index in [1.807, 2.05) is 30.3 Å². The Morgan fingerprint density at radius 1 is 0.850 bits per heavy atom.